The number of halogens is 1. The Labute approximate surface area is 106 Å². The molecule has 2 rings (SSSR count). The van der Waals surface area contributed by atoms with Crippen molar-refractivity contribution in [3.05, 3.63) is 17.4 Å². The summed E-state index contributed by atoms with van der Waals surface area (Å²) in [5.74, 6) is 0.0744. The highest BCUT2D eigenvalue weighted by molar-refractivity contribution is 6.30. The van der Waals surface area contributed by atoms with Crippen molar-refractivity contribution >= 4 is 17.5 Å². The van der Waals surface area contributed by atoms with E-state index in [0.717, 1.165) is 25.9 Å². The number of rotatable bonds is 4. The monoisotopic (exact) mass is 256 g/mol. The molecule has 5 nitrogen and oxygen atoms in total. The van der Waals surface area contributed by atoms with E-state index >= 15 is 0 Å². The normalized spacial score (nSPS) is 20.2. The number of hydrogen-bond acceptors (Lipinski definition) is 3. The fourth-order valence-corrected chi connectivity index (χ4v) is 2.11. The van der Waals surface area contributed by atoms with Gasteiger partial charge in [0.25, 0.3) is 0 Å². The number of amides is 1. The first-order valence-electron chi connectivity index (χ1n) is 5.92. The maximum Gasteiger partial charge on any atom is 0.222 e. The predicted molar refractivity (Wildman–Crippen MR) is 65.9 cm³/mol. The lowest BCUT2D eigenvalue weighted by molar-refractivity contribution is -0.122. The van der Waals surface area contributed by atoms with Crippen LogP contribution in [0.15, 0.2) is 12.4 Å². The van der Waals surface area contributed by atoms with Crippen molar-refractivity contribution in [2.24, 2.45) is 0 Å². The van der Waals surface area contributed by atoms with E-state index in [-0.39, 0.29) is 11.9 Å². The van der Waals surface area contributed by atoms with Crippen LogP contribution in [-0.2, 0) is 11.3 Å². The number of aryl methyl sites for hydroxylation is 1. The maximum absolute atomic E-state index is 11.7. The molecule has 0 radical (unpaired) electrons. The summed E-state index contributed by atoms with van der Waals surface area (Å²) >= 11 is 5.74. The van der Waals surface area contributed by atoms with Gasteiger partial charge < -0.3 is 10.6 Å². The molecule has 1 aliphatic heterocycles. The van der Waals surface area contributed by atoms with Crippen molar-refractivity contribution < 1.29 is 4.79 Å². The zero-order valence-electron chi connectivity index (χ0n) is 9.66. The smallest absolute Gasteiger partial charge is 0.222 e. The van der Waals surface area contributed by atoms with Crippen molar-refractivity contribution in [1.29, 1.82) is 0 Å². The van der Waals surface area contributed by atoms with Crippen LogP contribution in [0.2, 0.25) is 5.02 Å². The highest BCUT2D eigenvalue weighted by Gasteiger charge is 2.14. The summed E-state index contributed by atoms with van der Waals surface area (Å²) < 4.78 is 1.68. The van der Waals surface area contributed by atoms with Crippen LogP contribution >= 0.6 is 11.6 Å². The van der Waals surface area contributed by atoms with Crippen LogP contribution in [0, 0.1) is 0 Å². The number of nitrogens with one attached hydrogen (secondary N) is 2. The Bertz CT molecular complexity index is 373. The van der Waals surface area contributed by atoms with Crippen LogP contribution in [-0.4, -0.2) is 34.8 Å². The minimum Gasteiger partial charge on any atom is -0.352 e. The fraction of sp³-hybridized carbons (Fsp3) is 0.636. The molecule has 0 spiro atoms. The summed E-state index contributed by atoms with van der Waals surface area (Å²) in [6.07, 6.45) is 5.92. The lowest BCUT2D eigenvalue weighted by atomic mass is 10.1. The average Bonchev–Trinajstić information content (AvgIpc) is 2.74. The van der Waals surface area contributed by atoms with E-state index in [1.165, 1.54) is 0 Å². The molecule has 1 atom stereocenters. The van der Waals surface area contributed by atoms with E-state index in [9.17, 15) is 4.79 Å². The SMILES string of the molecule is O=C(CCn1cc(Cl)cn1)N[C@H]1CCCNC1. The first kappa shape index (κ1) is 12.4. The average molecular weight is 257 g/mol. The lowest BCUT2D eigenvalue weighted by Gasteiger charge is -2.23. The molecule has 0 aliphatic carbocycles. The molecule has 1 fully saturated rings. The van der Waals surface area contributed by atoms with E-state index in [1.54, 1.807) is 17.1 Å². The third-order valence-electron chi connectivity index (χ3n) is 2.83. The maximum atomic E-state index is 11.7. The van der Waals surface area contributed by atoms with Crippen LogP contribution < -0.4 is 10.6 Å². The van der Waals surface area contributed by atoms with Gasteiger partial charge in [-0.2, -0.15) is 5.10 Å². The second kappa shape index (κ2) is 6.02. The molecule has 1 aliphatic rings. The highest BCUT2D eigenvalue weighted by Crippen LogP contribution is 2.05. The summed E-state index contributed by atoms with van der Waals surface area (Å²) in [5, 5.41) is 10.9. The Morgan fingerprint density at radius 3 is 3.24 bits per heavy atom. The summed E-state index contributed by atoms with van der Waals surface area (Å²) in [6, 6.07) is 0.275. The molecule has 1 aromatic heterocycles. The second-order valence-corrected chi connectivity index (χ2v) is 4.72. The molecule has 1 saturated heterocycles. The molecule has 0 unspecified atom stereocenters. The van der Waals surface area contributed by atoms with Gasteiger partial charge in [-0.1, -0.05) is 11.6 Å². The van der Waals surface area contributed by atoms with E-state index in [4.69, 9.17) is 11.6 Å². The molecule has 94 valence electrons. The Kier molecular flexibility index (Phi) is 4.39. The van der Waals surface area contributed by atoms with Gasteiger partial charge in [-0.25, -0.2) is 0 Å². The van der Waals surface area contributed by atoms with Crippen LogP contribution in [0.4, 0.5) is 0 Å². The topological polar surface area (TPSA) is 59.0 Å². The molecule has 17 heavy (non-hydrogen) atoms. The highest BCUT2D eigenvalue weighted by atomic mass is 35.5. The minimum atomic E-state index is 0.0744. The van der Waals surface area contributed by atoms with E-state index in [2.05, 4.69) is 15.7 Å². The van der Waals surface area contributed by atoms with Gasteiger partial charge in [-0.15, -0.1) is 0 Å². The lowest BCUT2D eigenvalue weighted by Crippen LogP contribution is -2.45. The van der Waals surface area contributed by atoms with E-state index < -0.39 is 0 Å². The molecule has 2 N–H and O–H groups in total. The van der Waals surface area contributed by atoms with E-state index in [0.29, 0.717) is 18.0 Å². The number of hydrogen-bond donors (Lipinski definition) is 2. The van der Waals surface area contributed by atoms with Crippen LogP contribution in [0.1, 0.15) is 19.3 Å². The van der Waals surface area contributed by atoms with Gasteiger partial charge in [0.2, 0.25) is 5.91 Å². The number of nitrogens with zero attached hydrogens (tertiary/aromatic N) is 2. The van der Waals surface area contributed by atoms with Crippen molar-refractivity contribution in [3.8, 4) is 0 Å². The van der Waals surface area contributed by atoms with Crippen molar-refractivity contribution in [2.75, 3.05) is 13.1 Å². The van der Waals surface area contributed by atoms with Crippen molar-refractivity contribution in [3.63, 3.8) is 0 Å². The Balaban J connectivity index is 1.70. The second-order valence-electron chi connectivity index (χ2n) is 4.28. The third-order valence-corrected chi connectivity index (χ3v) is 3.03. The zero-order chi connectivity index (χ0) is 12.1. The molecular weight excluding hydrogens is 240 g/mol. The molecule has 0 aromatic carbocycles. The van der Waals surface area contributed by atoms with Crippen molar-refractivity contribution in [1.82, 2.24) is 20.4 Å². The molecule has 6 heteroatoms. The van der Waals surface area contributed by atoms with Crippen LogP contribution in [0.25, 0.3) is 0 Å². The van der Waals surface area contributed by atoms with Gasteiger partial charge in [0, 0.05) is 31.7 Å². The molecule has 0 saturated carbocycles. The third kappa shape index (κ3) is 4.02. The summed E-state index contributed by atoms with van der Waals surface area (Å²) in [4.78, 5) is 11.7. The van der Waals surface area contributed by atoms with Gasteiger partial charge in [-0.05, 0) is 19.4 Å². The number of carbonyl (C=O) groups is 1. The summed E-state index contributed by atoms with van der Waals surface area (Å²) in [7, 11) is 0. The molecular formula is C11H17ClN4O. The Morgan fingerprint density at radius 1 is 1.71 bits per heavy atom. The number of piperidine rings is 1. The van der Waals surface area contributed by atoms with Gasteiger partial charge >= 0.3 is 0 Å². The van der Waals surface area contributed by atoms with Gasteiger partial charge in [-0.3, -0.25) is 9.48 Å². The zero-order valence-corrected chi connectivity index (χ0v) is 10.4. The first-order valence-corrected chi connectivity index (χ1v) is 6.30. The molecule has 2 heterocycles. The number of aromatic nitrogens is 2. The Hall–Kier alpha value is -1.07. The number of carbonyl (C=O) groups excluding carboxylic acids is 1. The molecule has 0 bridgehead atoms. The van der Waals surface area contributed by atoms with Crippen LogP contribution in [0.3, 0.4) is 0 Å². The van der Waals surface area contributed by atoms with Gasteiger partial charge in [0.05, 0.1) is 11.2 Å². The summed E-state index contributed by atoms with van der Waals surface area (Å²) in [6.45, 7) is 2.50. The van der Waals surface area contributed by atoms with Crippen molar-refractivity contribution in [2.45, 2.75) is 31.8 Å². The largest absolute Gasteiger partial charge is 0.352 e. The minimum absolute atomic E-state index is 0.0744. The predicted octanol–water partition coefficient (Wildman–Crippen LogP) is 0.795. The van der Waals surface area contributed by atoms with Crippen LogP contribution in [0.5, 0.6) is 0 Å². The Morgan fingerprint density at radius 2 is 2.59 bits per heavy atom. The molecule has 1 aromatic rings. The van der Waals surface area contributed by atoms with Gasteiger partial charge in [0.15, 0.2) is 0 Å². The van der Waals surface area contributed by atoms with Gasteiger partial charge in [0.1, 0.15) is 0 Å². The quantitative estimate of drug-likeness (QED) is 0.838. The first-order chi connectivity index (χ1) is 8.24. The standard InChI is InChI=1S/C11H17ClN4O/c12-9-6-14-16(8-9)5-3-11(17)15-10-2-1-4-13-7-10/h6,8,10,13H,1-5,7H2,(H,15,17)/t10-/m0/s1. The fourth-order valence-electron chi connectivity index (χ4n) is 1.95. The molecule has 1 amide bonds. The van der Waals surface area contributed by atoms with E-state index in [1.807, 2.05) is 0 Å². The summed E-state index contributed by atoms with van der Waals surface area (Å²) in [5.41, 5.74) is 0.